The molecule has 1 saturated heterocycles. The van der Waals surface area contributed by atoms with Crippen LogP contribution in [0.3, 0.4) is 0 Å². The molecular weight excluding hydrogens is 270 g/mol. The number of ether oxygens (including phenoxy) is 1. The van der Waals surface area contributed by atoms with Crippen molar-refractivity contribution in [2.45, 2.75) is 39.0 Å². The summed E-state index contributed by atoms with van der Waals surface area (Å²) in [5.74, 6) is 1.52. The molecule has 0 amide bonds. The first kappa shape index (κ1) is 13.9. The van der Waals surface area contributed by atoms with Gasteiger partial charge in [-0.3, -0.25) is 4.99 Å². The topological polar surface area (TPSA) is 45.7 Å². The highest BCUT2D eigenvalue weighted by atomic mass is 32.1. The van der Waals surface area contributed by atoms with Gasteiger partial charge in [-0.1, -0.05) is 19.9 Å². The van der Waals surface area contributed by atoms with E-state index >= 15 is 0 Å². The molecule has 5 heteroatoms. The Morgan fingerprint density at radius 1 is 1.55 bits per heavy atom. The molecule has 3 rings (SSSR count). The van der Waals surface area contributed by atoms with Crippen LogP contribution < -0.4 is 10.6 Å². The summed E-state index contributed by atoms with van der Waals surface area (Å²) in [7, 11) is 1.83. The lowest BCUT2D eigenvalue weighted by Crippen LogP contribution is -2.67. The average Bonchev–Trinajstić information content (AvgIpc) is 3.08. The monoisotopic (exact) mass is 293 g/mol. The third-order valence-corrected chi connectivity index (χ3v) is 5.50. The average molecular weight is 293 g/mol. The van der Waals surface area contributed by atoms with Gasteiger partial charge in [-0.2, -0.15) is 0 Å². The van der Waals surface area contributed by atoms with Crippen molar-refractivity contribution in [2.75, 3.05) is 13.7 Å². The van der Waals surface area contributed by atoms with Crippen molar-refractivity contribution in [3.63, 3.8) is 0 Å². The van der Waals surface area contributed by atoms with E-state index in [0.717, 1.165) is 25.5 Å². The first-order valence-electron chi connectivity index (χ1n) is 7.24. The number of hydrogen-bond donors (Lipinski definition) is 2. The zero-order valence-electron chi connectivity index (χ0n) is 12.3. The minimum absolute atomic E-state index is 0.182. The van der Waals surface area contributed by atoms with Crippen LogP contribution in [0.25, 0.3) is 0 Å². The first-order chi connectivity index (χ1) is 9.63. The van der Waals surface area contributed by atoms with Crippen molar-refractivity contribution in [1.29, 1.82) is 0 Å². The molecule has 110 valence electrons. The van der Waals surface area contributed by atoms with Crippen LogP contribution in [0.4, 0.5) is 0 Å². The molecule has 1 aromatic rings. The molecule has 20 heavy (non-hydrogen) atoms. The summed E-state index contributed by atoms with van der Waals surface area (Å²) in [4.78, 5) is 5.67. The number of thiophene rings is 1. The van der Waals surface area contributed by atoms with Crippen LogP contribution in [0.2, 0.25) is 0 Å². The highest BCUT2D eigenvalue weighted by Crippen LogP contribution is 2.52. The van der Waals surface area contributed by atoms with Gasteiger partial charge in [0, 0.05) is 35.9 Å². The summed E-state index contributed by atoms with van der Waals surface area (Å²) in [5.41, 5.74) is 0.182. The van der Waals surface area contributed by atoms with E-state index in [1.165, 1.54) is 4.88 Å². The lowest BCUT2D eigenvalue weighted by molar-refractivity contribution is -0.106. The van der Waals surface area contributed by atoms with Gasteiger partial charge in [0.25, 0.3) is 0 Å². The van der Waals surface area contributed by atoms with Crippen LogP contribution in [-0.4, -0.2) is 31.8 Å². The van der Waals surface area contributed by atoms with E-state index in [0.29, 0.717) is 18.1 Å². The smallest absolute Gasteiger partial charge is 0.191 e. The summed E-state index contributed by atoms with van der Waals surface area (Å²) in [6.45, 7) is 6.29. The Balaban J connectivity index is 1.58. The van der Waals surface area contributed by atoms with E-state index in [1.807, 2.05) is 7.05 Å². The van der Waals surface area contributed by atoms with Gasteiger partial charge < -0.3 is 15.4 Å². The highest BCUT2D eigenvalue weighted by molar-refractivity contribution is 7.09. The molecule has 0 aromatic carbocycles. The molecule has 1 aromatic heterocycles. The number of guanidine groups is 1. The predicted molar refractivity (Wildman–Crippen MR) is 83.1 cm³/mol. The minimum Gasteiger partial charge on any atom is -0.377 e. The Morgan fingerprint density at radius 2 is 2.40 bits per heavy atom. The summed E-state index contributed by atoms with van der Waals surface area (Å²) < 4.78 is 5.83. The number of nitrogens with one attached hydrogen (secondary N) is 2. The number of hydrogen-bond acceptors (Lipinski definition) is 3. The van der Waals surface area contributed by atoms with Gasteiger partial charge >= 0.3 is 0 Å². The minimum atomic E-state index is 0.182. The molecule has 0 spiro atoms. The van der Waals surface area contributed by atoms with Crippen LogP contribution >= 0.6 is 11.3 Å². The van der Waals surface area contributed by atoms with E-state index in [4.69, 9.17) is 4.74 Å². The summed E-state index contributed by atoms with van der Waals surface area (Å²) in [5, 5.41) is 9.09. The van der Waals surface area contributed by atoms with Crippen molar-refractivity contribution in [3.8, 4) is 0 Å². The number of rotatable bonds is 3. The molecule has 2 fully saturated rings. The summed E-state index contributed by atoms with van der Waals surface area (Å²) >= 11 is 1.76. The van der Waals surface area contributed by atoms with Crippen LogP contribution in [0, 0.1) is 11.3 Å². The van der Waals surface area contributed by atoms with E-state index in [1.54, 1.807) is 11.3 Å². The van der Waals surface area contributed by atoms with Gasteiger partial charge in [0.05, 0.1) is 12.6 Å². The van der Waals surface area contributed by atoms with E-state index in [2.05, 4.69) is 47.0 Å². The zero-order chi connectivity index (χ0) is 14.2. The zero-order valence-corrected chi connectivity index (χ0v) is 13.2. The Morgan fingerprint density at radius 3 is 3.10 bits per heavy atom. The summed E-state index contributed by atoms with van der Waals surface area (Å²) in [6, 6.07) is 4.66. The molecule has 0 radical (unpaired) electrons. The first-order valence-corrected chi connectivity index (χ1v) is 8.12. The highest BCUT2D eigenvalue weighted by Gasteiger charge is 2.59. The molecule has 0 bridgehead atoms. The van der Waals surface area contributed by atoms with Crippen LogP contribution in [0.1, 0.15) is 25.1 Å². The van der Waals surface area contributed by atoms with E-state index in [9.17, 15) is 0 Å². The van der Waals surface area contributed by atoms with Crippen molar-refractivity contribution in [2.24, 2.45) is 16.3 Å². The van der Waals surface area contributed by atoms with Crippen LogP contribution in [0.15, 0.2) is 22.5 Å². The van der Waals surface area contributed by atoms with Crippen LogP contribution in [0.5, 0.6) is 0 Å². The fourth-order valence-electron chi connectivity index (χ4n) is 3.54. The molecule has 3 atom stereocenters. The van der Waals surface area contributed by atoms with Gasteiger partial charge in [0.1, 0.15) is 0 Å². The molecule has 1 saturated carbocycles. The Kier molecular flexibility index (Phi) is 3.73. The molecule has 2 aliphatic rings. The van der Waals surface area contributed by atoms with Crippen LogP contribution in [-0.2, 0) is 11.3 Å². The second-order valence-electron chi connectivity index (χ2n) is 6.19. The number of fused-ring (bicyclic) bond motifs is 1. The standard InChI is InChI=1S/C15H23N3OS/c1-15(2)12(11-6-7-19-13(11)15)18-14(16-3)17-9-10-5-4-8-20-10/h4-5,8,11-13H,6-7,9H2,1-3H3,(H2,16,17,18). The van der Waals surface area contributed by atoms with Crippen molar-refractivity contribution >= 4 is 17.3 Å². The molecule has 3 unspecified atom stereocenters. The fourth-order valence-corrected chi connectivity index (χ4v) is 4.19. The molecule has 1 aliphatic heterocycles. The van der Waals surface area contributed by atoms with E-state index in [-0.39, 0.29) is 5.41 Å². The van der Waals surface area contributed by atoms with Gasteiger partial charge in [0.2, 0.25) is 0 Å². The maximum Gasteiger partial charge on any atom is 0.191 e. The van der Waals surface area contributed by atoms with Gasteiger partial charge in [-0.15, -0.1) is 11.3 Å². The predicted octanol–water partition coefficient (Wildman–Crippen LogP) is 2.23. The maximum absolute atomic E-state index is 5.83. The molecule has 2 N–H and O–H groups in total. The third kappa shape index (κ3) is 2.33. The van der Waals surface area contributed by atoms with Crippen molar-refractivity contribution in [1.82, 2.24) is 10.6 Å². The summed E-state index contributed by atoms with van der Waals surface area (Å²) in [6.07, 6.45) is 1.57. The largest absolute Gasteiger partial charge is 0.377 e. The Bertz CT molecular complexity index is 483. The SMILES string of the molecule is CN=C(NCc1cccs1)NC1C2CCOC2C1(C)C. The fraction of sp³-hybridized carbons (Fsp3) is 0.667. The Hall–Kier alpha value is -1.07. The molecule has 1 aliphatic carbocycles. The van der Waals surface area contributed by atoms with E-state index < -0.39 is 0 Å². The van der Waals surface area contributed by atoms with Gasteiger partial charge in [-0.25, -0.2) is 0 Å². The quantitative estimate of drug-likeness (QED) is 0.663. The second kappa shape index (κ2) is 5.37. The molecular formula is C15H23N3OS. The lowest BCUT2D eigenvalue weighted by Gasteiger charge is -2.54. The maximum atomic E-state index is 5.83. The van der Waals surface area contributed by atoms with Gasteiger partial charge in [0.15, 0.2) is 5.96 Å². The number of aliphatic imine (C=N–C) groups is 1. The second-order valence-corrected chi connectivity index (χ2v) is 7.22. The lowest BCUT2D eigenvalue weighted by atomic mass is 9.57. The normalized spacial score (nSPS) is 31.6. The van der Waals surface area contributed by atoms with Gasteiger partial charge in [-0.05, 0) is 17.9 Å². The van der Waals surface area contributed by atoms with Crippen molar-refractivity contribution in [3.05, 3.63) is 22.4 Å². The molecule has 2 heterocycles. The molecule has 4 nitrogen and oxygen atoms in total. The Labute approximate surface area is 124 Å². The van der Waals surface area contributed by atoms with Crippen molar-refractivity contribution < 1.29 is 4.74 Å². The number of nitrogens with zero attached hydrogens (tertiary/aromatic N) is 1. The third-order valence-electron chi connectivity index (χ3n) is 4.63.